The summed E-state index contributed by atoms with van der Waals surface area (Å²) in [4.78, 5) is 4.18. The van der Waals surface area contributed by atoms with Crippen LogP contribution in [0, 0.1) is 0 Å². The van der Waals surface area contributed by atoms with Gasteiger partial charge in [-0.25, -0.2) is 0 Å². The minimum atomic E-state index is -0.880. The average Bonchev–Trinajstić information content (AvgIpc) is 2.42. The molecule has 0 amide bonds. The molecule has 10 heavy (non-hydrogen) atoms. The molecule has 0 radical (unpaired) electrons. The Hall–Kier alpha value is 0.237. The first-order valence-corrected chi connectivity index (χ1v) is 8.77. The molecule has 1 saturated carbocycles. The van der Waals surface area contributed by atoms with E-state index in [4.69, 9.17) is 0 Å². The summed E-state index contributed by atoms with van der Waals surface area (Å²) < 4.78 is 0. The van der Waals surface area contributed by atoms with Crippen LogP contribution in [-0.4, -0.2) is 25.2 Å². The first kappa shape index (κ1) is 8.33. The van der Waals surface area contributed by atoms with Gasteiger partial charge in [0.25, 0.3) is 0 Å². The van der Waals surface area contributed by atoms with Crippen molar-refractivity contribution in [2.45, 2.75) is 31.3 Å². The summed E-state index contributed by atoms with van der Waals surface area (Å²) in [7, 11) is 1.02. The molecule has 1 nitrogen and oxygen atoms in total. The van der Waals surface area contributed by atoms with Crippen molar-refractivity contribution in [3.8, 4) is 0 Å². The highest BCUT2D eigenvalue weighted by atomic mass is 32.4. The molecule has 1 aliphatic rings. The molecule has 1 aliphatic carbocycles. The normalized spacial score (nSPS) is 29.2. The van der Waals surface area contributed by atoms with Crippen molar-refractivity contribution in [3.05, 3.63) is 0 Å². The van der Waals surface area contributed by atoms with Crippen molar-refractivity contribution in [1.82, 2.24) is 0 Å². The second kappa shape index (κ2) is 2.70. The van der Waals surface area contributed by atoms with E-state index in [-0.39, 0.29) is 0 Å². The average molecular weight is 173 g/mol. The lowest BCUT2D eigenvalue weighted by molar-refractivity contribution is 1.46. The standard InChI is InChI=1S/C7H15NSSi/c1-8-6-5-7(6)9-10(2,3)4/h7H,5H2,1-4H3. The summed E-state index contributed by atoms with van der Waals surface area (Å²) in [6, 6.07) is 0. The summed E-state index contributed by atoms with van der Waals surface area (Å²) >= 11 is 2.16. The molecule has 0 aliphatic heterocycles. The molecular formula is C7H15NSSi. The molecule has 1 atom stereocenters. The molecule has 0 saturated heterocycles. The van der Waals surface area contributed by atoms with Crippen LogP contribution in [0.5, 0.6) is 0 Å². The molecule has 58 valence electrons. The third-order valence-electron chi connectivity index (χ3n) is 1.39. The second-order valence-corrected chi connectivity index (χ2v) is 13.0. The SMILES string of the molecule is CN=C1CC1S[Si](C)(C)C. The third-order valence-corrected chi connectivity index (χ3v) is 5.79. The Kier molecular flexibility index (Phi) is 2.25. The number of hydrogen-bond donors (Lipinski definition) is 0. The molecule has 1 fully saturated rings. The van der Waals surface area contributed by atoms with E-state index >= 15 is 0 Å². The molecule has 0 heterocycles. The van der Waals surface area contributed by atoms with E-state index in [2.05, 4.69) is 35.8 Å². The van der Waals surface area contributed by atoms with Crippen molar-refractivity contribution in [1.29, 1.82) is 0 Å². The van der Waals surface area contributed by atoms with Crippen LogP contribution >= 0.6 is 11.2 Å². The summed E-state index contributed by atoms with van der Waals surface area (Å²) in [5, 5.41) is 0.802. The van der Waals surface area contributed by atoms with E-state index in [1.807, 2.05) is 7.05 Å². The van der Waals surface area contributed by atoms with Gasteiger partial charge in [-0.15, -0.1) is 0 Å². The fraction of sp³-hybridized carbons (Fsp3) is 0.857. The number of hydrogen-bond acceptors (Lipinski definition) is 2. The van der Waals surface area contributed by atoms with Gasteiger partial charge >= 0.3 is 0 Å². The predicted molar refractivity (Wildman–Crippen MR) is 52.7 cm³/mol. The summed E-state index contributed by atoms with van der Waals surface area (Å²) in [5.74, 6) is 0. The van der Waals surface area contributed by atoms with Crippen LogP contribution in [0.4, 0.5) is 0 Å². The lowest BCUT2D eigenvalue weighted by Gasteiger charge is -2.12. The van der Waals surface area contributed by atoms with Crippen LogP contribution in [0.2, 0.25) is 19.6 Å². The Labute approximate surface area is 68.0 Å². The van der Waals surface area contributed by atoms with Gasteiger partial charge in [0, 0.05) is 24.4 Å². The Bertz CT molecular complexity index is 159. The van der Waals surface area contributed by atoms with E-state index in [1.165, 1.54) is 12.1 Å². The molecular weight excluding hydrogens is 158 g/mol. The zero-order valence-corrected chi connectivity index (χ0v) is 8.96. The van der Waals surface area contributed by atoms with Crippen molar-refractivity contribution < 1.29 is 0 Å². The van der Waals surface area contributed by atoms with Gasteiger partial charge in [0.15, 0.2) is 0 Å². The highest BCUT2D eigenvalue weighted by Crippen LogP contribution is 2.37. The van der Waals surface area contributed by atoms with Gasteiger partial charge in [-0.3, -0.25) is 4.99 Å². The lowest BCUT2D eigenvalue weighted by atomic mass is 10.9. The van der Waals surface area contributed by atoms with Gasteiger partial charge < -0.3 is 0 Å². The van der Waals surface area contributed by atoms with Crippen LogP contribution < -0.4 is 0 Å². The zero-order chi connectivity index (χ0) is 7.78. The van der Waals surface area contributed by atoms with Gasteiger partial charge in [0.2, 0.25) is 0 Å². The Morgan fingerprint density at radius 2 is 2.10 bits per heavy atom. The van der Waals surface area contributed by atoms with E-state index in [1.54, 1.807) is 0 Å². The van der Waals surface area contributed by atoms with Crippen LogP contribution in [0.15, 0.2) is 4.99 Å². The van der Waals surface area contributed by atoms with Gasteiger partial charge in [-0.05, 0) is 0 Å². The molecule has 1 rings (SSSR count). The van der Waals surface area contributed by atoms with Gasteiger partial charge in [-0.1, -0.05) is 19.6 Å². The maximum atomic E-state index is 4.18. The van der Waals surface area contributed by atoms with E-state index < -0.39 is 7.22 Å². The fourth-order valence-electron chi connectivity index (χ4n) is 0.903. The maximum absolute atomic E-state index is 4.18. The summed E-state index contributed by atoms with van der Waals surface area (Å²) in [5.41, 5.74) is 1.42. The molecule has 1 unspecified atom stereocenters. The highest BCUT2D eigenvalue weighted by molar-refractivity contribution is 8.29. The van der Waals surface area contributed by atoms with Gasteiger partial charge in [0.05, 0.1) is 0 Å². The quantitative estimate of drug-likeness (QED) is 0.584. The monoisotopic (exact) mass is 173 g/mol. The Morgan fingerprint density at radius 1 is 1.50 bits per heavy atom. The van der Waals surface area contributed by atoms with Crippen molar-refractivity contribution in [2.75, 3.05) is 7.05 Å². The predicted octanol–water partition coefficient (Wildman–Crippen LogP) is 2.40. The minimum absolute atomic E-state index is 0.802. The molecule has 0 spiro atoms. The highest BCUT2D eigenvalue weighted by Gasteiger charge is 2.35. The van der Waals surface area contributed by atoms with Gasteiger partial charge in [-0.2, -0.15) is 11.2 Å². The van der Waals surface area contributed by atoms with Crippen LogP contribution in [0.25, 0.3) is 0 Å². The number of rotatable bonds is 2. The fourth-order valence-corrected chi connectivity index (χ4v) is 5.47. The second-order valence-electron chi connectivity index (χ2n) is 3.64. The third kappa shape index (κ3) is 2.46. The number of nitrogens with zero attached hydrogens (tertiary/aromatic N) is 1. The van der Waals surface area contributed by atoms with E-state index in [9.17, 15) is 0 Å². The molecule has 0 aromatic carbocycles. The Balaban J connectivity index is 2.31. The van der Waals surface area contributed by atoms with Crippen LogP contribution in [0.3, 0.4) is 0 Å². The van der Waals surface area contributed by atoms with Crippen molar-refractivity contribution in [3.63, 3.8) is 0 Å². The Morgan fingerprint density at radius 3 is 2.40 bits per heavy atom. The zero-order valence-electron chi connectivity index (χ0n) is 7.14. The molecule has 0 aromatic rings. The maximum Gasteiger partial charge on any atom is 0.109 e. The first-order chi connectivity index (χ1) is 4.53. The molecule has 0 bridgehead atoms. The summed E-state index contributed by atoms with van der Waals surface area (Å²) in [6.07, 6.45) is 1.26. The first-order valence-electron chi connectivity index (χ1n) is 3.66. The smallest absolute Gasteiger partial charge is 0.109 e. The topological polar surface area (TPSA) is 12.4 Å². The lowest BCUT2D eigenvalue weighted by Crippen LogP contribution is -2.15. The van der Waals surface area contributed by atoms with Crippen LogP contribution in [-0.2, 0) is 0 Å². The van der Waals surface area contributed by atoms with Crippen molar-refractivity contribution >= 4 is 24.1 Å². The minimum Gasteiger partial charge on any atom is -0.296 e. The molecule has 0 N–H and O–H groups in total. The van der Waals surface area contributed by atoms with E-state index in [0.29, 0.717) is 0 Å². The largest absolute Gasteiger partial charge is 0.296 e. The molecule has 3 heteroatoms. The van der Waals surface area contributed by atoms with Crippen molar-refractivity contribution in [2.24, 2.45) is 4.99 Å². The van der Waals surface area contributed by atoms with E-state index in [0.717, 1.165) is 5.25 Å². The summed E-state index contributed by atoms with van der Waals surface area (Å²) in [6.45, 7) is 7.18. The molecule has 0 aromatic heterocycles. The number of aliphatic imine (C=N–C) groups is 1. The van der Waals surface area contributed by atoms with Crippen LogP contribution in [0.1, 0.15) is 6.42 Å². The van der Waals surface area contributed by atoms with Gasteiger partial charge in [0.1, 0.15) is 7.22 Å².